The summed E-state index contributed by atoms with van der Waals surface area (Å²) in [5.41, 5.74) is 0.0379. The quantitative estimate of drug-likeness (QED) is 0.0353. The summed E-state index contributed by atoms with van der Waals surface area (Å²) >= 11 is 1.46. The Morgan fingerprint density at radius 2 is 1.12 bits per heavy atom. The molecule has 0 fully saturated rings. The third-order valence-corrected chi connectivity index (χ3v) is 24.1. The Labute approximate surface area is 326 Å². The maximum absolute atomic E-state index is 12.6. The van der Waals surface area contributed by atoms with Crippen molar-refractivity contribution in [1.82, 2.24) is 9.34 Å². The van der Waals surface area contributed by atoms with Crippen molar-refractivity contribution in [2.24, 2.45) is 5.41 Å². The monoisotopic (exact) mass is 795 g/mol. The van der Waals surface area contributed by atoms with Crippen molar-refractivity contribution < 1.29 is 22.9 Å². The highest BCUT2D eigenvalue weighted by molar-refractivity contribution is 8.13. The molecule has 0 aliphatic rings. The van der Waals surface area contributed by atoms with Crippen LogP contribution in [0, 0.1) is 5.41 Å². The van der Waals surface area contributed by atoms with Gasteiger partial charge in [0.1, 0.15) is 0 Å². The zero-order valence-corrected chi connectivity index (χ0v) is 41.0. The lowest BCUT2D eigenvalue weighted by molar-refractivity contribution is -0.111. The second-order valence-electron chi connectivity index (χ2n) is 19.0. The normalized spacial score (nSPS) is 14.2. The minimum atomic E-state index is -1.87. The molecule has 0 spiro atoms. The van der Waals surface area contributed by atoms with E-state index >= 15 is 0 Å². The molecule has 0 rings (SSSR count). The van der Waals surface area contributed by atoms with Crippen molar-refractivity contribution >= 4 is 42.0 Å². The van der Waals surface area contributed by atoms with Crippen LogP contribution in [0.1, 0.15) is 155 Å². The van der Waals surface area contributed by atoms with Crippen LogP contribution in [0.5, 0.6) is 0 Å². The molecular formula is C40H87N2O5PSSi2. The molecule has 11 heteroatoms. The molecule has 0 unspecified atom stereocenters. The fourth-order valence-corrected chi connectivity index (χ4v) is 10.8. The van der Waals surface area contributed by atoms with Crippen molar-refractivity contribution in [2.75, 3.05) is 32.4 Å². The van der Waals surface area contributed by atoms with E-state index in [1.807, 2.05) is 0 Å². The van der Waals surface area contributed by atoms with E-state index in [-0.39, 0.29) is 22.3 Å². The Kier molecular flexibility index (Phi) is 24.0. The van der Waals surface area contributed by atoms with Gasteiger partial charge in [-0.3, -0.25) is 4.79 Å². The summed E-state index contributed by atoms with van der Waals surface area (Å²) in [6.45, 7) is 46.0. The van der Waals surface area contributed by atoms with Gasteiger partial charge in [0.2, 0.25) is 0 Å². The minimum absolute atomic E-state index is 0.0379. The molecule has 0 amide bonds. The Hall–Kier alpha value is 0.644. The topological polar surface area (TPSA) is 60.5 Å². The molecular weight excluding hydrogens is 708 g/mol. The third-order valence-electron chi connectivity index (χ3n) is 11.1. The minimum Gasteiger partial charge on any atom is -0.416 e. The van der Waals surface area contributed by atoms with Crippen LogP contribution in [0.25, 0.3) is 0 Å². The van der Waals surface area contributed by atoms with Gasteiger partial charge in [0.25, 0.3) is 0 Å². The lowest BCUT2D eigenvalue weighted by Crippen LogP contribution is -2.48. The van der Waals surface area contributed by atoms with E-state index in [1.165, 1.54) is 11.8 Å². The van der Waals surface area contributed by atoms with E-state index in [1.54, 1.807) is 0 Å². The van der Waals surface area contributed by atoms with Crippen LogP contribution in [-0.4, -0.2) is 87.6 Å². The van der Waals surface area contributed by atoms with Crippen LogP contribution in [0.4, 0.5) is 0 Å². The maximum Gasteiger partial charge on any atom is 0.192 e. The highest BCUT2D eigenvalue weighted by atomic mass is 32.2. The van der Waals surface area contributed by atoms with Gasteiger partial charge in [0.05, 0.1) is 6.61 Å². The second-order valence-corrected chi connectivity index (χ2v) is 31.4. The average molecular weight is 795 g/mol. The first-order valence-corrected chi connectivity index (χ1v) is 28.2. The van der Waals surface area contributed by atoms with E-state index < -0.39 is 25.1 Å². The van der Waals surface area contributed by atoms with Gasteiger partial charge in [0, 0.05) is 55.0 Å². The molecule has 51 heavy (non-hydrogen) atoms. The van der Waals surface area contributed by atoms with Gasteiger partial charge >= 0.3 is 0 Å². The smallest absolute Gasteiger partial charge is 0.192 e. The molecule has 0 radical (unpaired) electrons. The predicted octanol–water partition coefficient (Wildman–Crippen LogP) is 12.9. The zero-order valence-electron chi connectivity index (χ0n) is 37.3. The van der Waals surface area contributed by atoms with Crippen molar-refractivity contribution in [3.05, 3.63) is 0 Å². The number of rotatable bonds is 27. The molecule has 0 aromatic rings. The first kappa shape index (κ1) is 51.6. The van der Waals surface area contributed by atoms with Gasteiger partial charge < -0.3 is 18.1 Å². The molecule has 0 saturated heterocycles. The van der Waals surface area contributed by atoms with Crippen molar-refractivity contribution in [2.45, 2.75) is 216 Å². The number of carbonyl (C=O) groups excluding carboxylic acids is 1. The van der Waals surface area contributed by atoms with Gasteiger partial charge in [-0.1, -0.05) is 79.5 Å². The Morgan fingerprint density at radius 3 is 1.51 bits per heavy atom. The summed E-state index contributed by atoms with van der Waals surface area (Å²) in [4.78, 5) is 12.6. The summed E-state index contributed by atoms with van der Waals surface area (Å²) in [6.07, 6.45) is 8.02. The van der Waals surface area contributed by atoms with Crippen LogP contribution in [0.3, 0.4) is 0 Å². The lowest BCUT2D eigenvalue weighted by Gasteiger charge is -2.45. The van der Waals surface area contributed by atoms with Gasteiger partial charge in [-0.25, -0.2) is 9.34 Å². The Balaban J connectivity index is 4.79. The van der Waals surface area contributed by atoms with E-state index in [2.05, 4.69) is 139 Å². The van der Waals surface area contributed by atoms with Gasteiger partial charge in [-0.2, -0.15) is 0 Å². The summed E-state index contributed by atoms with van der Waals surface area (Å²) < 4.78 is 31.0. The lowest BCUT2D eigenvalue weighted by atomic mass is 9.81. The Bertz CT molecular complexity index is 888. The molecule has 0 aliphatic heterocycles. The third kappa shape index (κ3) is 18.9. The van der Waals surface area contributed by atoms with Gasteiger partial charge in [-0.15, -0.1) is 0 Å². The fraction of sp³-hybridized carbons (Fsp3) is 0.975. The molecule has 306 valence electrons. The SMILES string of the molecule is CCC(CCCCCCC(=O)SCCCOCOP(N(C(C)C)C(C)C)N(C(C)C)C(C)C)(CO[Si](C)(C)C(C)(C)C)CO[Si](C)(C)C(C)(C)C. The summed E-state index contributed by atoms with van der Waals surface area (Å²) in [7, 11) is -4.68. The average Bonchev–Trinajstić information content (AvgIpc) is 2.97. The molecule has 0 aliphatic carbocycles. The number of carbonyl (C=O) groups is 1. The molecule has 0 aromatic heterocycles. The largest absolute Gasteiger partial charge is 0.416 e. The van der Waals surface area contributed by atoms with Crippen LogP contribution in [0.2, 0.25) is 36.3 Å². The van der Waals surface area contributed by atoms with Crippen LogP contribution in [-0.2, 0) is 22.9 Å². The van der Waals surface area contributed by atoms with Crippen LogP contribution in [0.15, 0.2) is 0 Å². The zero-order chi connectivity index (χ0) is 39.8. The summed E-state index contributed by atoms with van der Waals surface area (Å²) in [5.74, 6) is 0.795. The molecule has 7 nitrogen and oxygen atoms in total. The first-order valence-electron chi connectivity index (χ1n) is 20.3. The molecule has 0 bridgehead atoms. The fourth-order valence-electron chi connectivity index (χ4n) is 5.59. The molecule has 0 saturated carbocycles. The van der Waals surface area contributed by atoms with Crippen LogP contribution < -0.4 is 0 Å². The standard InChI is InChI=1S/C40H87N2O5PSSi2/c1-20-40(30-46-50(16,17)38(10,11)12,31-47-51(18,19)39(13,14)15)27-24-22-21-23-26-37(43)49-29-25-28-44-32-45-48(41(33(2)3)34(4)5)42(35(6)7)36(8)9/h33-36H,20-32H2,1-19H3. The number of ether oxygens (including phenoxy) is 1. The van der Waals surface area contributed by atoms with E-state index in [4.69, 9.17) is 18.1 Å². The van der Waals surface area contributed by atoms with Gasteiger partial charge in [-0.05, 0) is 117 Å². The number of thioether (sulfide) groups is 1. The van der Waals surface area contributed by atoms with E-state index in [0.717, 1.165) is 63.9 Å². The number of nitrogens with zero attached hydrogens (tertiary/aromatic N) is 2. The van der Waals surface area contributed by atoms with E-state index in [0.29, 0.717) is 42.3 Å². The number of unbranched alkanes of at least 4 members (excludes halogenated alkanes) is 3. The van der Waals surface area contributed by atoms with Crippen molar-refractivity contribution in [3.63, 3.8) is 0 Å². The highest BCUT2D eigenvalue weighted by Gasteiger charge is 2.43. The van der Waals surface area contributed by atoms with Crippen molar-refractivity contribution in [1.29, 1.82) is 0 Å². The summed E-state index contributed by atoms with van der Waals surface area (Å²) in [5, 5.41) is 0.682. The van der Waals surface area contributed by atoms with E-state index in [9.17, 15) is 4.79 Å². The molecule has 0 heterocycles. The van der Waals surface area contributed by atoms with Crippen molar-refractivity contribution in [3.8, 4) is 0 Å². The maximum atomic E-state index is 12.6. The highest BCUT2D eigenvalue weighted by Crippen LogP contribution is 2.50. The summed E-state index contributed by atoms with van der Waals surface area (Å²) in [6, 6.07) is 1.51. The number of hydrogen-bond acceptors (Lipinski definition) is 8. The Morgan fingerprint density at radius 1 is 0.686 bits per heavy atom. The molecule has 0 atom stereocenters. The molecule has 0 aromatic carbocycles. The predicted molar refractivity (Wildman–Crippen MR) is 232 cm³/mol. The second kappa shape index (κ2) is 23.7. The van der Waals surface area contributed by atoms with Gasteiger partial charge in [0.15, 0.2) is 37.0 Å². The molecule has 0 N–H and O–H groups in total. The number of hydrogen-bond donors (Lipinski definition) is 0. The van der Waals surface area contributed by atoms with Crippen LogP contribution >= 0.6 is 20.2 Å². The first-order chi connectivity index (χ1) is 23.2.